The van der Waals surface area contributed by atoms with E-state index in [1.54, 1.807) is 25.3 Å². The highest BCUT2D eigenvalue weighted by atomic mass is 16.5. The molecule has 106 valence electrons. The molecule has 0 atom stereocenters. The van der Waals surface area contributed by atoms with Crippen LogP contribution in [0.25, 0.3) is 12.7 Å². The van der Waals surface area contributed by atoms with Crippen molar-refractivity contribution in [2.45, 2.75) is 0 Å². The summed E-state index contributed by atoms with van der Waals surface area (Å²) in [6, 6.07) is 3.22. The molecular weight excluding hydrogens is 260 g/mol. The Bertz CT molecular complexity index is 777. The first-order valence-electron chi connectivity index (χ1n) is 5.88. The number of methoxy groups -OCH3 is 2. The third kappa shape index (κ3) is 2.27. The number of H-pyrrole nitrogens is 1. The zero-order chi connectivity index (χ0) is 14.9. The highest BCUT2D eigenvalue weighted by Crippen LogP contribution is 2.37. The molecule has 6 nitrogen and oxygen atoms in total. The van der Waals surface area contributed by atoms with Crippen LogP contribution in [0.4, 0.5) is 0 Å². The lowest BCUT2D eigenvalue weighted by molar-refractivity contribution is 0.340. The van der Waals surface area contributed by atoms with Crippen LogP contribution in [0.2, 0.25) is 0 Å². The SMILES string of the molecule is C=c1[nH]/c(=C\c2cc(OC)c(O)c(OC)c2)c(=O)n1C. The number of benzene rings is 1. The number of rotatable bonds is 3. The second kappa shape index (κ2) is 5.16. The summed E-state index contributed by atoms with van der Waals surface area (Å²) in [4.78, 5) is 14.8. The van der Waals surface area contributed by atoms with Gasteiger partial charge < -0.3 is 19.6 Å². The molecule has 0 radical (unpaired) electrons. The molecule has 1 aromatic heterocycles. The molecular formula is C14H16N2O4. The molecule has 0 bridgehead atoms. The molecule has 0 saturated carbocycles. The van der Waals surface area contributed by atoms with Crippen molar-refractivity contribution in [1.82, 2.24) is 9.55 Å². The first kappa shape index (κ1) is 13.8. The van der Waals surface area contributed by atoms with Crippen LogP contribution in [-0.2, 0) is 7.05 Å². The smallest absolute Gasteiger partial charge is 0.275 e. The van der Waals surface area contributed by atoms with Gasteiger partial charge in [-0.2, -0.15) is 0 Å². The third-order valence-corrected chi connectivity index (χ3v) is 3.03. The van der Waals surface area contributed by atoms with Gasteiger partial charge in [0.2, 0.25) is 5.75 Å². The summed E-state index contributed by atoms with van der Waals surface area (Å²) in [7, 11) is 4.52. The van der Waals surface area contributed by atoms with Crippen LogP contribution in [0, 0.1) is 0 Å². The van der Waals surface area contributed by atoms with Crippen molar-refractivity contribution in [3.05, 3.63) is 38.9 Å². The maximum atomic E-state index is 11.9. The predicted octanol–water partition coefficient (Wildman–Crippen LogP) is -0.325. The summed E-state index contributed by atoms with van der Waals surface area (Å²) >= 11 is 0. The maximum Gasteiger partial charge on any atom is 0.275 e. The highest BCUT2D eigenvalue weighted by molar-refractivity contribution is 5.61. The molecule has 0 fully saturated rings. The minimum atomic E-state index is -0.180. The topological polar surface area (TPSA) is 76.5 Å². The monoisotopic (exact) mass is 276 g/mol. The van der Waals surface area contributed by atoms with Gasteiger partial charge in [0.25, 0.3) is 5.56 Å². The van der Waals surface area contributed by atoms with Crippen LogP contribution < -0.4 is 25.9 Å². The lowest BCUT2D eigenvalue weighted by Crippen LogP contribution is -2.28. The van der Waals surface area contributed by atoms with E-state index in [0.717, 1.165) is 0 Å². The number of aromatic amines is 1. The van der Waals surface area contributed by atoms with Crippen molar-refractivity contribution < 1.29 is 14.6 Å². The number of hydrogen-bond acceptors (Lipinski definition) is 4. The molecule has 2 N–H and O–H groups in total. The summed E-state index contributed by atoms with van der Waals surface area (Å²) in [5, 5.41) is 10.2. The van der Waals surface area contributed by atoms with Crippen LogP contribution in [0.3, 0.4) is 0 Å². The number of ether oxygens (including phenoxy) is 2. The van der Waals surface area contributed by atoms with Gasteiger partial charge >= 0.3 is 0 Å². The Balaban J connectivity index is 2.67. The van der Waals surface area contributed by atoms with E-state index in [4.69, 9.17) is 9.47 Å². The van der Waals surface area contributed by atoms with Gasteiger partial charge in [0.15, 0.2) is 11.5 Å². The van der Waals surface area contributed by atoms with Gasteiger partial charge in [0.1, 0.15) is 10.8 Å². The molecule has 0 aliphatic heterocycles. The third-order valence-electron chi connectivity index (χ3n) is 3.03. The van der Waals surface area contributed by atoms with E-state index in [0.29, 0.717) is 16.4 Å². The van der Waals surface area contributed by atoms with Crippen LogP contribution >= 0.6 is 0 Å². The Morgan fingerprint density at radius 2 is 1.85 bits per heavy atom. The van der Waals surface area contributed by atoms with Crippen molar-refractivity contribution in [2.75, 3.05) is 14.2 Å². The first-order chi connectivity index (χ1) is 9.47. The van der Waals surface area contributed by atoms with Gasteiger partial charge in [-0.1, -0.05) is 6.58 Å². The molecule has 0 amide bonds. The zero-order valence-corrected chi connectivity index (χ0v) is 11.6. The normalized spacial score (nSPS) is 11.7. The molecule has 0 aliphatic carbocycles. The largest absolute Gasteiger partial charge is 0.502 e. The molecule has 0 saturated heterocycles. The van der Waals surface area contributed by atoms with E-state index >= 15 is 0 Å². The standard InChI is InChI=1S/C14H16N2O4/c1-8-15-10(14(18)16(8)2)5-9-6-11(19-3)13(17)12(7-9)20-4/h5-7,15,17H,1H2,2-4H3/b10-5-. The average Bonchev–Trinajstić information content (AvgIpc) is 2.68. The molecule has 6 heteroatoms. The lowest BCUT2D eigenvalue weighted by atomic mass is 10.1. The molecule has 1 aromatic carbocycles. The number of phenols is 1. The van der Waals surface area contributed by atoms with Crippen molar-refractivity contribution in [3.63, 3.8) is 0 Å². The van der Waals surface area contributed by atoms with Gasteiger partial charge in [-0.15, -0.1) is 0 Å². The first-order valence-corrected chi connectivity index (χ1v) is 5.88. The molecule has 2 aromatic rings. The average molecular weight is 276 g/mol. The van der Waals surface area contributed by atoms with E-state index in [1.165, 1.54) is 18.8 Å². The predicted molar refractivity (Wildman–Crippen MR) is 75.6 cm³/mol. The van der Waals surface area contributed by atoms with Gasteiger partial charge in [0, 0.05) is 7.05 Å². The number of nitrogens with one attached hydrogen (secondary N) is 1. The Morgan fingerprint density at radius 3 is 2.25 bits per heavy atom. The van der Waals surface area contributed by atoms with Gasteiger partial charge in [-0.05, 0) is 23.8 Å². The Morgan fingerprint density at radius 1 is 1.30 bits per heavy atom. The van der Waals surface area contributed by atoms with Gasteiger partial charge in [-0.25, -0.2) is 0 Å². The molecule has 0 aliphatic rings. The van der Waals surface area contributed by atoms with E-state index in [9.17, 15) is 9.90 Å². The minimum absolute atomic E-state index is 0.0793. The summed E-state index contributed by atoms with van der Waals surface area (Å²) in [6.07, 6.45) is 1.64. The summed E-state index contributed by atoms with van der Waals surface area (Å²) in [5.74, 6) is 0.465. The number of aromatic hydroxyl groups is 1. The van der Waals surface area contributed by atoms with Crippen molar-refractivity contribution >= 4 is 12.7 Å². The second-order valence-corrected chi connectivity index (χ2v) is 4.27. The zero-order valence-electron chi connectivity index (χ0n) is 11.6. The highest BCUT2D eigenvalue weighted by Gasteiger charge is 2.10. The second-order valence-electron chi connectivity index (χ2n) is 4.27. The quantitative estimate of drug-likeness (QED) is 0.805. The van der Waals surface area contributed by atoms with E-state index in [2.05, 4.69) is 11.6 Å². The Hall–Kier alpha value is -2.63. The Labute approximate surface area is 115 Å². The number of imidazole rings is 1. The van der Waals surface area contributed by atoms with Crippen molar-refractivity contribution in [1.29, 1.82) is 0 Å². The number of nitrogens with zero attached hydrogens (tertiary/aromatic N) is 1. The number of phenolic OH excluding ortho intramolecular Hbond substituents is 1. The van der Waals surface area contributed by atoms with Crippen LogP contribution in [0.5, 0.6) is 17.2 Å². The summed E-state index contributed by atoms with van der Waals surface area (Å²) < 4.78 is 11.6. The molecule has 2 rings (SSSR count). The van der Waals surface area contributed by atoms with Crippen molar-refractivity contribution in [2.24, 2.45) is 7.05 Å². The van der Waals surface area contributed by atoms with Crippen LogP contribution in [0.15, 0.2) is 16.9 Å². The van der Waals surface area contributed by atoms with Crippen LogP contribution in [0.1, 0.15) is 5.56 Å². The van der Waals surface area contributed by atoms with Crippen LogP contribution in [-0.4, -0.2) is 28.9 Å². The van der Waals surface area contributed by atoms with E-state index in [-0.39, 0.29) is 22.8 Å². The molecule has 20 heavy (non-hydrogen) atoms. The minimum Gasteiger partial charge on any atom is -0.502 e. The van der Waals surface area contributed by atoms with Gasteiger partial charge in [0.05, 0.1) is 14.2 Å². The maximum absolute atomic E-state index is 11.9. The van der Waals surface area contributed by atoms with Gasteiger partial charge in [-0.3, -0.25) is 9.36 Å². The molecule has 0 unspecified atom stereocenters. The molecule has 1 heterocycles. The fraction of sp³-hybridized carbons (Fsp3) is 0.214. The summed E-state index contributed by atoms with van der Waals surface area (Å²) in [6.45, 7) is 3.72. The number of aromatic nitrogens is 2. The lowest BCUT2D eigenvalue weighted by Gasteiger charge is -2.09. The summed E-state index contributed by atoms with van der Waals surface area (Å²) in [5.41, 5.74) is 0.996. The van der Waals surface area contributed by atoms with E-state index in [1.807, 2.05) is 0 Å². The fourth-order valence-corrected chi connectivity index (χ4v) is 1.86. The number of hydrogen-bond donors (Lipinski definition) is 2. The van der Waals surface area contributed by atoms with Crippen molar-refractivity contribution in [3.8, 4) is 17.2 Å². The molecule has 0 spiro atoms. The fourth-order valence-electron chi connectivity index (χ4n) is 1.86. The van der Waals surface area contributed by atoms with E-state index < -0.39 is 0 Å². The Kier molecular flexibility index (Phi) is 3.56.